The molecule has 0 saturated heterocycles. The van der Waals surface area contributed by atoms with Gasteiger partial charge in [0.05, 0.1) is 12.4 Å². The van der Waals surface area contributed by atoms with Gasteiger partial charge in [0, 0.05) is 44.4 Å². The number of ether oxygens (including phenoxy) is 1. The summed E-state index contributed by atoms with van der Waals surface area (Å²) >= 11 is 1.36. The van der Waals surface area contributed by atoms with Gasteiger partial charge in [-0.25, -0.2) is 4.79 Å². The van der Waals surface area contributed by atoms with E-state index in [9.17, 15) is 9.59 Å². The molecule has 0 saturated carbocycles. The fraction of sp³-hybridized carbons (Fsp3) is 0.435. The van der Waals surface area contributed by atoms with E-state index >= 15 is 0 Å². The summed E-state index contributed by atoms with van der Waals surface area (Å²) in [5.41, 5.74) is 3.43. The minimum atomic E-state index is -0.432. The van der Waals surface area contributed by atoms with Gasteiger partial charge in [-0.05, 0) is 25.3 Å². The van der Waals surface area contributed by atoms with E-state index in [1.807, 2.05) is 29.9 Å². The predicted molar refractivity (Wildman–Crippen MR) is 124 cm³/mol. The first kappa shape index (κ1) is 23.0. The van der Waals surface area contributed by atoms with Crippen LogP contribution in [-0.2, 0) is 42.5 Å². The highest BCUT2D eigenvalue weighted by atomic mass is 32.2. The van der Waals surface area contributed by atoms with Crippen LogP contribution in [0.25, 0.3) is 0 Å². The molecule has 1 aliphatic rings. The van der Waals surface area contributed by atoms with Gasteiger partial charge >= 0.3 is 5.97 Å². The molecule has 0 bridgehead atoms. The van der Waals surface area contributed by atoms with E-state index in [0.29, 0.717) is 36.9 Å². The fourth-order valence-electron chi connectivity index (χ4n) is 3.95. The normalized spacial score (nSPS) is 13.1. The molecular weight excluding hydrogens is 440 g/mol. The number of carbonyl (C=O) groups excluding carboxylic acids is 2. The number of aromatic nitrogens is 5. The quantitative estimate of drug-likeness (QED) is 0.352. The van der Waals surface area contributed by atoms with E-state index < -0.39 is 5.97 Å². The lowest BCUT2D eigenvalue weighted by atomic mass is 10.0. The van der Waals surface area contributed by atoms with Crippen molar-refractivity contribution in [3.8, 4) is 0 Å². The van der Waals surface area contributed by atoms with E-state index in [2.05, 4.69) is 27.4 Å². The van der Waals surface area contributed by atoms with E-state index in [-0.39, 0.29) is 18.3 Å². The zero-order valence-corrected chi connectivity index (χ0v) is 19.8. The maximum absolute atomic E-state index is 12.9. The molecule has 1 aromatic carbocycles. The van der Waals surface area contributed by atoms with Crippen LogP contribution in [0.1, 0.15) is 40.7 Å². The SMILES string of the molecule is CCOC(=O)c1nn(CCCc2ccccc2)c2c1CN(C(=O)CSc1nncn1C)CC2. The van der Waals surface area contributed by atoms with Crippen LogP contribution < -0.4 is 0 Å². The number of hydrogen-bond donors (Lipinski definition) is 0. The van der Waals surface area contributed by atoms with Crippen LogP contribution in [0, 0.1) is 0 Å². The highest BCUT2D eigenvalue weighted by molar-refractivity contribution is 7.99. The summed E-state index contributed by atoms with van der Waals surface area (Å²) in [6.45, 7) is 3.73. The molecule has 0 spiro atoms. The van der Waals surface area contributed by atoms with Gasteiger partial charge < -0.3 is 14.2 Å². The molecule has 4 rings (SSSR count). The van der Waals surface area contributed by atoms with Crippen molar-refractivity contribution in [2.45, 2.75) is 44.4 Å². The fourth-order valence-corrected chi connectivity index (χ4v) is 4.74. The summed E-state index contributed by atoms with van der Waals surface area (Å²) in [7, 11) is 1.85. The molecule has 0 aliphatic carbocycles. The molecular formula is C23H28N6O3S. The Labute approximate surface area is 197 Å². The topological polar surface area (TPSA) is 95.1 Å². The number of amides is 1. The molecule has 1 aliphatic heterocycles. The Bertz CT molecular complexity index is 1110. The lowest BCUT2D eigenvalue weighted by Gasteiger charge is -2.27. The summed E-state index contributed by atoms with van der Waals surface area (Å²) in [4.78, 5) is 27.2. The lowest BCUT2D eigenvalue weighted by Crippen LogP contribution is -2.38. The number of esters is 1. The van der Waals surface area contributed by atoms with Crippen molar-refractivity contribution in [1.29, 1.82) is 0 Å². The van der Waals surface area contributed by atoms with Crippen molar-refractivity contribution in [1.82, 2.24) is 29.4 Å². The van der Waals surface area contributed by atoms with Crippen LogP contribution in [-0.4, -0.2) is 60.2 Å². The van der Waals surface area contributed by atoms with E-state index in [4.69, 9.17) is 4.74 Å². The first-order chi connectivity index (χ1) is 16.1. The van der Waals surface area contributed by atoms with E-state index in [1.54, 1.807) is 22.7 Å². The molecule has 0 unspecified atom stereocenters. The van der Waals surface area contributed by atoms with Gasteiger partial charge in [0.25, 0.3) is 0 Å². The Morgan fingerprint density at radius 2 is 2.03 bits per heavy atom. The lowest BCUT2D eigenvalue weighted by molar-refractivity contribution is -0.129. The first-order valence-corrected chi connectivity index (χ1v) is 12.1. The van der Waals surface area contributed by atoms with Crippen molar-refractivity contribution >= 4 is 23.6 Å². The number of rotatable bonds is 9. The summed E-state index contributed by atoms with van der Waals surface area (Å²) in [5, 5.41) is 13.2. The zero-order valence-electron chi connectivity index (χ0n) is 18.9. The number of carbonyl (C=O) groups is 2. The summed E-state index contributed by atoms with van der Waals surface area (Å²) in [6, 6.07) is 10.3. The van der Waals surface area contributed by atoms with Gasteiger partial charge in [0.2, 0.25) is 5.91 Å². The Morgan fingerprint density at radius 3 is 2.76 bits per heavy atom. The number of benzene rings is 1. The van der Waals surface area contributed by atoms with E-state index in [0.717, 1.165) is 24.1 Å². The van der Waals surface area contributed by atoms with Gasteiger partial charge in [-0.1, -0.05) is 42.1 Å². The molecule has 1 amide bonds. The highest BCUT2D eigenvalue weighted by Crippen LogP contribution is 2.25. The van der Waals surface area contributed by atoms with Gasteiger partial charge in [0.1, 0.15) is 6.33 Å². The maximum Gasteiger partial charge on any atom is 0.359 e. The second-order valence-corrected chi connectivity index (χ2v) is 8.83. The van der Waals surface area contributed by atoms with Gasteiger partial charge in [0.15, 0.2) is 10.9 Å². The minimum Gasteiger partial charge on any atom is -0.461 e. The van der Waals surface area contributed by atoms with Gasteiger partial charge in [-0.2, -0.15) is 5.10 Å². The van der Waals surface area contributed by atoms with Crippen LogP contribution in [0.2, 0.25) is 0 Å². The van der Waals surface area contributed by atoms with Gasteiger partial charge in [-0.3, -0.25) is 9.48 Å². The largest absolute Gasteiger partial charge is 0.461 e. The average Bonchev–Trinajstić information content (AvgIpc) is 3.41. The smallest absolute Gasteiger partial charge is 0.359 e. The predicted octanol–water partition coefficient (Wildman–Crippen LogP) is 2.50. The molecule has 0 atom stereocenters. The Balaban J connectivity index is 1.45. The molecule has 10 heteroatoms. The van der Waals surface area contributed by atoms with E-state index in [1.165, 1.54) is 17.3 Å². The molecule has 0 N–H and O–H groups in total. The molecule has 0 radical (unpaired) electrons. The molecule has 2 aromatic heterocycles. The molecule has 0 fully saturated rings. The van der Waals surface area contributed by atoms with Crippen LogP contribution in [0.4, 0.5) is 0 Å². The number of thioether (sulfide) groups is 1. The third-order valence-electron chi connectivity index (χ3n) is 5.63. The third kappa shape index (κ3) is 5.44. The Hall–Kier alpha value is -3.14. The highest BCUT2D eigenvalue weighted by Gasteiger charge is 2.30. The molecule has 3 aromatic rings. The van der Waals surface area contributed by atoms with Crippen molar-refractivity contribution in [2.75, 3.05) is 18.9 Å². The number of fused-ring (bicyclic) bond motifs is 1. The van der Waals surface area contributed by atoms with Crippen LogP contribution in [0.5, 0.6) is 0 Å². The minimum absolute atomic E-state index is 0.000265. The standard InChI is InChI=1S/C23H28N6O3S/c1-3-32-22(31)21-18-14-28(20(30)15-33-23-25-24-16-27(23)2)13-11-19(18)29(26-21)12-7-10-17-8-5-4-6-9-17/h4-6,8-9,16H,3,7,10-15H2,1-2H3. The maximum atomic E-state index is 12.9. The number of aryl methyl sites for hydroxylation is 3. The number of hydrogen-bond acceptors (Lipinski definition) is 7. The second kappa shape index (κ2) is 10.7. The summed E-state index contributed by atoms with van der Waals surface area (Å²) < 4.78 is 8.96. The van der Waals surface area contributed by atoms with Crippen molar-refractivity contribution in [3.05, 3.63) is 59.2 Å². The van der Waals surface area contributed by atoms with Gasteiger partial charge in [-0.15, -0.1) is 10.2 Å². The molecule has 33 heavy (non-hydrogen) atoms. The van der Waals surface area contributed by atoms with Crippen LogP contribution >= 0.6 is 11.8 Å². The Kier molecular flexibility index (Phi) is 7.43. The molecule has 3 heterocycles. The summed E-state index contributed by atoms with van der Waals surface area (Å²) in [5.74, 6) is -0.166. The average molecular weight is 469 g/mol. The monoisotopic (exact) mass is 468 g/mol. The zero-order chi connectivity index (χ0) is 23.2. The Morgan fingerprint density at radius 1 is 1.21 bits per heavy atom. The molecule has 9 nitrogen and oxygen atoms in total. The first-order valence-electron chi connectivity index (χ1n) is 11.1. The van der Waals surface area contributed by atoms with Crippen molar-refractivity contribution < 1.29 is 14.3 Å². The second-order valence-electron chi connectivity index (χ2n) is 7.89. The molecule has 174 valence electrons. The van der Waals surface area contributed by atoms with Crippen molar-refractivity contribution in [3.63, 3.8) is 0 Å². The summed E-state index contributed by atoms with van der Waals surface area (Å²) in [6.07, 6.45) is 4.12. The third-order valence-corrected chi connectivity index (χ3v) is 6.65. The number of nitrogens with zero attached hydrogens (tertiary/aromatic N) is 6. The van der Waals surface area contributed by atoms with Crippen LogP contribution in [0.3, 0.4) is 0 Å². The van der Waals surface area contributed by atoms with Crippen molar-refractivity contribution in [2.24, 2.45) is 7.05 Å². The van der Waals surface area contributed by atoms with Crippen LogP contribution in [0.15, 0.2) is 41.8 Å².